The van der Waals surface area contributed by atoms with Gasteiger partial charge in [0, 0.05) is 39.3 Å². The summed E-state index contributed by atoms with van der Waals surface area (Å²) in [5.74, 6) is 0.716. The molecule has 0 aliphatic carbocycles. The minimum atomic E-state index is 0.0574. The number of nitrogens with zero attached hydrogens (tertiary/aromatic N) is 2. The van der Waals surface area contributed by atoms with Gasteiger partial charge in [0.2, 0.25) is 0 Å². The van der Waals surface area contributed by atoms with Gasteiger partial charge in [-0.15, -0.1) is 0 Å². The number of rotatable bonds is 3. The van der Waals surface area contributed by atoms with Crippen LogP contribution in [-0.2, 0) is 4.74 Å². The molecule has 2 saturated heterocycles. The van der Waals surface area contributed by atoms with Gasteiger partial charge in [-0.1, -0.05) is 11.6 Å². The maximum atomic E-state index is 12.7. The van der Waals surface area contributed by atoms with Crippen molar-refractivity contribution in [2.24, 2.45) is 5.92 Å². The lowest BCUT2D eigenvalue weighted by atomic mass is 10.0. The molecule has 0 bridgehead atoms. The molecule has 0 N–H and O–H groups in total. The Kier molecular flexibility index (Phi) is 5.24. The SMILES string of the molecule is Cc1cc(Cl)c(C(=O)N2CCN(C[C@@H]3CCOC3)CC2)cc1C. The zero-order chi connectivity index (χ0) is 16.4. The summed E-state index contributed by atoms with van der Waals surface area (Å²) in [6.45, 7) is 10.3. The monoisotopic (exact) mass is 336 g/mol. The summed E-state index contributed by atoms with van der Waals surface area (Å²) in [5.41, 5.74) is 2.86. The first kappa shape index (κ1) is 16.7. The van der Waals surface area contributed by atoms with Crippen LogP contribution in [0.25, 0.3) is 0 Å². The Hall–Kier alpha value is -1.10. The van der Waals surface area contributed by atoms with E-state index < -0.39 is 0 Å². The molecule has 0 radical (unpaired) electrons. The van der Waals surface area contributed by atoms with Crippen LogP contribution in [-0.4, -0.2) is 61.6 Å². The fraction of sp³-hybridized carbons (Fsp3) is 0.611. The van der Waals surface area contributed by atoms with Gasteiger partial charge in [-0.25, -0.2) is 0 Å². The lowest BCUT2D eigenvalue weighted by Crippen LogP contribution is -2.49. The number of hydrogen-bond donors (Lipinski definition) is 0. The van der Waals surface area contributed by atoms with Crippen molar-refractivity contribution >= 4 is 17.5 Å². The Morgan fingerprint density at radius 3 is 2.57 bits per heavy atom. The quantitative estimate of drug-likeness (QED) is 0.851. The molecule has 2 aliphatic heterocycles. The number of amides is 1. The number of carbonyl (C=O) groups excluding carboxylic acids is 1. The van der Waals surface area contributed by atoms with Crippen molar-refractivity contribution < 1.29 is 9.53 Å². The van der Waals surface area contributed by atoms with Crippen LogP contribution >= 0.6 is 11.6 Å². The molecule has 1 amide bonds. The lowest BCUT2D eigenvalue weighted by Gasteiger charge is -2.36. The molecular weight excluding hydrogens is 312 g/mol. The van der Waals surface area contributed by atoms with Crippen LogP contribution in [0.15, 0.2) is 12.1 Å². The maximum absolute atomic E-state index is 12.7. The van der Waals surface area contributed by atoms with Crippen molar-refractivity contribution in [1.29, 1.82) is 0 Å². The molecule has 1 aromatic carbocycles. The van der Waals surface area contributed by atoms with Crippen LogP contribution in [0.5, 0.6) is 0 Å². The summed E-state index contributed by atoms with van der Waals surface area (Å²) in [6.07, 6.45) is 1.16. The van der Waals surface area contributed by atoms with Gasteiger partial charge in [0.1, 0.15) is 0 Å². The highest BCUT2D eigenvalue weighted by molar-refractivity contribution is 6.34. The Labute approximate surface area is 143 Å². The van der Waals surface area contributed by atoms with Crippen LogP contribution in [0, 0.1) is 19.8 Å². The number of benzene rings is 1. The molecule has 126 valence electrons. The fourth-order valence-electron chi connectivity index (χ4n) is 3.34. The minimum Gasteiger partial charge on any atom is -0.381 e. The van der Waals surface area contributed by atoms with Crippen molar-refractivity contribution in [3.05, 3.63) is 33.8 Å². The zero-order valence-corrected chi connectivity index (χ0v) is 14.7. The summed E-state index contributed by atoms with van der Waals surface area (Å²) in [6, 6.07) is 3.81. The van der Waals surface area contributed by atoms with Gasteiger partial charge in [0.05, 0.1) is 17.2 Å². The molecule has 0 aromatic heterocycles. The number of hydrogen-bond acceptors (Lipinski definition) is 3. The first-order chi connectivity index (χ1) is 11.0. The summed E-state index contributed by atoms with van der Waals surface area (Å²) in [5, 5.41) is 0.559. The number of ether oxygens (including phenoxy) is 1. The third-order valence-electron chi connectivity index (χ3n) is 5.01. The molecule has 23 heavy (non-hydrogen) atoms. The molecule has 1 atom stereocenters. The van der Waals surface area contributed by atoms with Crippen molar-refractivity contribution in [2.45, 2.75) is 20.3 Å². The van der Waals surface area contributed by atoms with E-state index in [4.69, 9.17) is 16.3 Å². The molecule has 2 heterocycles. The summed E-state index contributed by atoms with van der Waals surface area (Å²) >= 11 is 6.29. The van der Waals surface area contributed by atoms with Crippen molar-refractivity contribution in [3.8, 4) is 0 Å². The predicted octanol–water partition coefficient (Wildman–Crippen LogP) is 2.75. The zero-order valence-electron chi connectivity index (χ0n) is 14.0. The largest absolute Gasteiger partial charge is 0.381 e. The fourth-order valence-corrected chi connectivity index (χ4v) is 3.64. The lowest BCUT2D eigenvalue weighted by molar-refractivity contribution is 0.0611. The predicted molar refractivity (Wildman–Crippen MR) is 92.2 cm³/mol. The average Bonchev–Trinajstić information content (AvgIpc) is 3.04. The first-order valence-electron chi connectivity index (χ1n) is 8.40. The minimum absolute atomic E-state index is 0.0574. The number of halogens is 1. The van der Waals surface area contributed by atoms with Gasteiger partial charge >= 0.3 is 0 Å². The first-order valence-corrected chi connectivity index (χ1v) is 8.78. The molecule has 3 rings (SSSR count). The van der Waals surface area contributed by atoms with Gasteiger partial charge < -0.3 is 9.64 Å². The van der Waals surface area contributed by atoms with Crippen LogP contribution in [0.1, 0.15) is 27.9 Å². The highest BCUT2D eigenvalue weighted by Gasteiger charge is 2.26. The average molecular weight is 337 g/mol. The van der Waals surface area contributed by atoms with E-state index in [1.54, 1.807) is 0 Å². The van der Waals surface area contributed by atoms with Gasteiger partial charge in [-0.05, 0) is 49.4 Å². The van der Waals surface area contributed by atoms with Gasteiger partial charge in [-0.2, -0.15) is 0 Å². The van der Waals surface area contributed by atoms with Crippen molar-refractivity contribution in [2.75, 3.05) is 45.9 Å². The molecular formula is C18H25ClN2O2. The number of aryl methyl sites for hydroxylation is 2. The van der Waals surface area contributed by atoms with E-state index in [0.29, 0.717) is 16.5 Å². The third-order valence-corrected chi connectivity index (χ3v) is 5.33. The van der Waals surface area contributed by atoms with Crippen LogP contribution in [0.4, 0.5) is 0 Å². The van der Waals surface area contributed by atoms with Gasteiger partial charge in [0.15, 0.2) is 0 Å². The molecule has 0 saturated carbocycles. The van der Waals surface area contributed by atoms with Crippen molar-refractivity contribution in [3.63, 3.8) is 0 Å². The molecule has 2 aliphatic rings. The van der Waals surface area contributed by atoms with E-state index in [2.05, 4.69) is 4.90 Å². The Morgan fingerprint density at radius 2 is 1.91 bits per heavy atom. The second-order valence-electron chi connectivity index (χ2n) is 6.74. The van der Waals surface area contributed by atoms with Crippen molar-refractivity contribution in [1.82, 2.24) is 9.80 Å². The highest BCUT2D eigenvalue weighted by atomic mass is 35.5. The Bertz CT molecular complexity index is 577. The molecule has 2 fully saturated rings. The van der Waals surface area contributed by atoms with E-state index >= 15 is 0 Å². The van der Waals surface area contributed by atoms with Crippen LogP contribution in [0.3, 0.4) is 0 Å². The normalized spacial score (nSPS) is 22.6. The van der Waals surface area contributed by atoms with E-state index in [0.717, 1.165) is 63.5 Å². The number of piperazine rings is 1. The van der Waals surface area contributed by atoms with Crippen LogP contribution in [0.2, 0.25) is 5.02 Å². The smallest absolute Gasteiger partial charge is 0.255 e. The molecule has 0 spiro atoms. The Balaban J connectivity index is 1.58. The summed E-state index contributed by atoms with van der Waals surface area (Å²) in [4.78, 5) is 17.1. The molecule has 1 aromatic rings. The van der Waals surface area contributed by atoms with Gasteiger partial charge in [0.25, 0.3) is 5.91 Å². The molecule has 5 heteroatoms. The topological polar surface area (TPSA) is 32.8 Å². The van der Waals surface area contributed by atoms with E-state index in [1.807, 2.05) is 30.9 Å². The molecule has 0 unspecified atom stereocenters. The highest BCUT2D eigenvalue weighted by Crippen LogP contribution is 2.23. The summed E-state index contributed by atoms with van der Waals surface area (Å²) in [7, 11) is 0. The number of carbonyl (C=O) groups is 1. The second-order valence-corrected chi connectivity index (χ2v) is 7.15. The van der Waals surface area contributed by atoms with E-state index in [-0.39, 0.29) is 5.91 Å². The van der Waals surface area contributed by atoms with E-state index in [9.17, 15) is 4.79 Å². The second kappa shape index (κ2) is 7.20. The van der Waals surface area contributed by atoms with Crippen LogP contribution < -0.4 is 0 Å². The molecule has 4 nitrogen and oxygen atoms in total. The maximum Gasteiger partial charge on any atom is 0.255 e. The third kappa shape index (κ3) is 3.87. The standard InChI is InChI=1S/C18H25ClN2O2/c1-13-9-16(17(19)10-14(13)2)18(22)21-6-4-20(5-7-21)11-15-3-8-23-12-15/h9-10,15H,3-8,11-12H2,1-2H3/t15-/m0/s1. The van der Waals surface area contributed by atoms with Gasteiger partial charge in [-0.3, -0.25) is 9.69 Å². The summed E-state index contributed by atoms with van der Waals surface area (Å²) < 4.78 is 5.44. The van der Waals surface area contributed by atoms with E-state index in [1.165, 1.54) is 0 Å². The Morgan fingerprint density at radius 1 is 1.22 bits per heavy atom.